The first-order valence-corrected chi connectivity index (χ1v) is 7.57. The molecule has 2 N–H and O–H groups in total. The molecule has 136 valence electrons. The summed E-state index contributed by atoms with van der Waals surface area (Å²) in [7, 11) is 1.19. The van der Waals surface area contributed by atoms with E-state index in [4.69, 9.17) is 5.73 Å². The van der Waals surface area contributed by atoms with Gasteiger partial charge in [-0.1, -0.05) is 18.2 Å². The summed E-state index contributed by atoms with van der Waals surface area (Å²) in [6.45, 7) is 0. The van der Waals surface area contributed by atoms with Gasteiger partial charge in [0.1, 0.15) is 17.7 Å². The van der Waals surface area contributed by atoms with Gasteiger partial charge in [-0.2, -0.15) is 0 Å². The highest BCUT2D eigenvalue weighted by Crippen LogP contribution is 2.29. The highest BCUT2D eigenvalue weighted by molar-refractivity contribution is 5.82. The lowest BCUT2D eigenvalue weighted by molar-refractivity contribution is -0.384. The van der Waals surface area contributed by atoms with Crippen LogP contribution in [0.1, 0.15) is 17.5 Å². The fraction of sp³-hybridized carbons (Fsp3) is 0.167. The molecule has 0 aromatic heterocycles. The highest BCUT2D eigenvalue weighted by atomic mass is 19.1. The van der Waals surface area contributed by atoms with Gasteiger partial charge in [-0.15, -0.1) is 0 Å². The van der Waals surface area contributed by atoms with Gasteiger partial charge in [0, 0.05) is 23.8 Å². The normalized spacial score (nSPS) is 12.5. The van der Waals surface area contributed by atoms with Crippen LogP contribution < -0.4 is 5.73 Å². The largest absolute Gasteiger partial charge is 0.468 e. The second kappa shape index (κ2) is 8.30. The van der Waals surface area contributed by atoms with Gasteiger partial charge in [0.05, 0.1) is 12.0 Å². The number of hydrogen-bond donors (Lipinski definition) is 1. The lowest BCUT2D eigenvalue weighted by Crippen LogP contribution is -2.30. The molecule has 0 saturated carbocycles. The van der Waals surface area contributed by atoms with E-state index in [-0.39, 0.29) is 23.2 Å². The number of carbonyl (C=O) groups is 1. The zero-order valence-electron chi connectivity index (χ0n) is 13.8. The maximum Gasteiger partial charge on any atom is 0.322 e. The van der Waals surface area contributed by atoms with E-state index in [0.717, 1.165) is 6.07 Å². The van der Waals surface area contributed by atoms with Crippen LogP contribution >= 0.6 is 0 Å². The lowest BCUT2D eigenvalue weighted by Gasteiger charge is -2.12. The Kier molecular flexibility index (Phi) is 6.13. The first-order valence-electron chi connectivity index (χ1n) is 7.57. The van der Waals surface area contributed by atoms with Crippen molar-refractivity contribution in [1.82, 2.24) is 0 Å². The molecule has 0 fully saturated rings. The van der Waals surface area contributed by atoms with Crippen LogP contribution in [0.15, 0.2) is 48.5 Å². The molecule has 0 aliphatic rings. The van der Waals surface area contributed by atoms with Gasteiger partial charge in [0.2, 0.25) is 0 Å². The van der Waals surface area contributed by atoms with Gasteiger partial charge in [0.15, 0.2) is 0 Å². The van der Waals surface area contributed by atoms with Gasteiger partial charge >= 0.3 is 5.97 Å². The molecule has 2 aromatic carbocycles. The van der Waals surface area contributed by atoms with E-state index in [1.807, 2.05) is 0 Å². The molecule has 0 spiro atoms. The van der Waals surface area contributed by atoms with Crippen molar-refractivity contribution in [3.63, 3.8) is 0 Å². The zero-order chi connectivity index (χ0) is 19.3. The minimum atomic E-state index is -0.989. The van der Waals surface area contributed by atoms with Crippen LogP contribution in [-0.2, 0) is 9.53 Å². The number of nitro benzene ring substituents is 1. The molecule has 0 aliphatic carbocycles. The molecule has 0 bridgehead atoms. The Labute approximate surface area is 148 Å². The summed E-state index contributed by atoms with van der Waals surface area (Å²) in [6, 6.07) is 7.57. The number of nitro groups is 1. The van der Waals surface area contributed by atoms with E-state index < -0.39 is 28.6 Å². The summed E-state index contributed by atoms with van der Waals surface area (Å²) in [5.74, 6) is -2.25. The maximum atomic E-state index is 14.3. The number of hydrogen-bond acceptors (Lipinski definition) is 5. The number of non-ortho nitro benzene ring substituents is 1. The van der Waals surface area contributed by atoms with Crippen LogP contribution in [0, 0.1) is 21.7 Å². The smallest absolute Gasteiger partial charge is 0.322 e. The van der Waals surface area contributed by atoms with Gasteiger partial charge in [-0.05, 0) is 29.7 Å². The molecule has 0 radical (unpaired) electrons. The number of rotatable bonds is 6. The number of nitrogens with zero attached hydrogens (tertiary/aromatic N) is 1. The highest BCUT2D eigenvalue weighted by Gasteiger charge is 2.17. The Balaban J connectivity index is 2.53. The van der Waals surface area contributed by atoms with Gasteiger partial charge in [0.25, 0.3) is 5.69 Å². The van der Waals surface area contributed by atoms with Crippen LogP contribution in [-0.4, -0.2) is 24.0 Å². The Hall–Kier alpha value is -3.13. The first kappa shape index (κ1) is 19.2. The molecule has 1 atom stereocenters. The minimum Gasteiger partial charge on any atom is -0.468 e. The summed E-state index contributed by atoms with van der Waals surface area (Å²) in [4.78, 5) is 21.9. The van der Waals surface area contributed by atoms with Crippen molar-refractivity contribution in [1.29, 1.82) is 0 Å². The molecule has 0 saturated heterocycles. The number of methoxy groups -OCH3 is 1. The summed E-state index contributed by atoms with van der Waals surface area (Å²) in [5.41, 5.74) is 6.13. The molecule has 26 heavy (non-hydrogen) atoms. The van der Waals surface area contributed by atoms with Crippen molar-refractivity contribution >= 4 is 17.2 Å². The molecule has 6 nitrogen and oxygen atoms in total. The van der Waals surface area contributed by atoms with E-state index in [1.54, 1.807) is 6.07 Å². The molecule has 2 rings (SSSR count). The topological polar surface area (TPSA) is 95.5 Å². The predicted octanol–water partition coefficient (Wildman–Crippen LogP) is 3.20. The molecule has 0 aliphatic heterocycles. The Bertz CT molecular complexity index is 868. The molecular formula is C18H16F2N2O4. The van der Waals surface area contributed by atoms with Crippen molar-refractivity contribution in [2.45, 2.75) is 12.5 Å². The fourth-order valence-corrected chi connectivity index (χ4v) is 2.37. The number of benzene rings is 2. The van der Waals surface area contributed by atoms with Crippen molar-refractivity contribution in [3.05, 3.63) is 81.4 Å². The second-order valence-electron chi connectivity index (χ2n) is 5.41. The van der Waals surface area contributed by atoms with Crippen molar-refractivity contribution in [3.8, 4) is 0 Å². The minimum absolute atomic E-state index is 0.00150. The molecular weight excluding hydrogens is 346 g/mol. The van der Waals surface area contributed by atoms with Gasteiger partial charge in [-0.3, -0.25) is 14.9 Å². The molecule has 8 heteroatoms. The summed E-state index contributed by atoms with van der Waals surface area (Å²) in [5, 5.41) is 11.0. The molecule has 0 heterocycles. The SMILES string of the molecule is COC(=O)C(N)C/C=C(\c1cccc([N+](=O)[O-])c1)c1ccc(F)cc1F. The van der Waals surface area contributed by atoms with E-state index >= 15 is 0 Å². The molecule has 0 amide bonds. The third-order valence-corrected chi connectivity index (χ3v) is 3.67. The fourth-order valence-electron chi connectivity index (χ4n) is 2.37. The number of ether oxygens (including phenoxy) is 1. The average molecular weight is 362 g/mol. The van der Waals surface area contributed by atoms with E-state index in [0.29, 0.717) is 11.6 Å². The van der Waals surface area contributed by atoms with E-state index in [1.165, 1.54) is 37.5 Å². The van der Waals surface area contributed by atoms with Crippen molar-refractivity contribution in [2.24, 2.45) is 5.73 Å². The van der Waals surface area contributed by atoms with Crippen LogP contribution in [0.3, 0.4) is 0 Å². The summed E-state index contributed by atoms with van der Waals surface area (Å²) < 4.78 is 32.0. The van der Waals surface area contributed by atoms with Gasteiger partial charge < -0.3 is 10.5 Å². The van der Waals surface area contributed by atoms with E-state index in [9.17, 15) is 23.7 Å². The van der Waals surface area contributed by atoms with E-state index in [2.05, 4.69) is 4.74 Å². The van der Waals surface area contributed by atoms with Crippen LogP contribution in [0.25, 0.3) is 5.57 Å². The number of carbonyl (C=O) groups excluding carboxylic acids is 1. The van der Waals surface area contributed by atoms with Crippen molar-refractivity contribution < 1.29 is 23.2 Å². The Morgan fingerprint density at radius 2 is 2.04 bits per heavy atom. The standard InChI is InChI=1S/C18H16F2N2O4/c1-26-18(23)17(21)8-7-14(15-6-5-12(19)10-16(15)20)11-3-2-4-13(9-11)22(24)25/h2-7,9-10,17H,8,21H2,1H3/b14-7+. The van der Waals surface area contributed by atoms with Crippen LogP contribution in [0.4, 0.5) is 14.5 Å². The quantitative estimate of drug-likeness (QED) is 0.484. The Morgan fingerprint density at radius 1 is 1.31 bits per heavy atom. The zero-order valence-corrected chi connectivity index (χ0v) is 13.8. The second-order valence-corrected chi connectivity index (χ2v) is 5.41. The molecule has 2 aromatic rings. The molecule has 1 unspecified atom stereocenters. The number of halogens is 2. The monoisotopic (exact) mass is 362 g/mol. The van der Waals surface area contributed by atoms with Crippen LogP contribution in [0.2, 0.25) is 0 Å². The summed E-state index contributed by atoms with van der Waals surface area (Å²) in [6.07, 6.45) is 1.47. The predicted molar refractivity (Wildman–Crippen MR) is 91.1 cm³/mol. The van der Waals surface area contributed by atoms with Crippen molar-refractivity contribution in [2.75, 3.05) is 7.11 Å². The lowest BCUT2D eigenvalue weighted by atomic mass is 9.95. The number of nitrogens with two attached hydrogens (primary N) is 1. The average Bonchev–Trinajstić information content (AvgIpc) is 2.62. The first-order chi connectivity index (χ1) is 12.3. The summed E-state index contributed by atoms with van der Waals surface area (Å²) >= 11 is 0. The van der Waals surface area contributed by atoms with Gasteiger partial charge in [-0.25, -0.2) is 8.78 Å². The maximum absolute atomic E-state index is 14.3. The third kappa shape index (κ3) is 4.48. The Morgan fingerprint density at radius 3 is 2.65 bits per heavy atom. The number of esters is 1. The third-order valence-electron chi connectivity index (χ3n) is 3.67. The van der Waals surface area contributed by atoms with Crippen LogP contribution in [0.5, 0.6) is 0 Å².